The molecule has 1 aliphatic heterocycles. The van der Waals surface area contributed by atoms with Gasteiger partial charge in [-0.05, 0) is 56.1 Å². The first-order valence-electron chi connectivity index (χ1n) is 11.7. The summed E-state index contributed by atoms with van der Waals surface area (Å²) in [5, 5.41) is 24.2. The number of fused-ring (bicyclic) bond motifs is 1. The quantitative estimate of drug-likeness (QED) is 0.146. The molecular weight excluding hydrogens is 484 g/mol. The first-order chi connectivity index (χ1) is 17.3. The van der Waals surface area contributed by atoms with Crippen molar-refractivity contribution in [2.75, 3.05) is 38.5 Å². The molecule has 3 rings (SSSR count). The minimum absolute atomic E-state index is 0.227. The molecule has 0 amide bonds. The second kappa shape index (κ2) is 13.0. The predicted molar refractivity (Wildman–Crippen MR) is 139 cm³/mol. The number of benzene rings is 1. The van der Waals surface area contributed by atoms with Crippen LogP contribution in [0, 0.1) is 5.41 Å². The zero-order valence-corrected chi connectivity index (χ0v) is 21.2. The van der Waals surface area contributed by atoms with E-state index in [4.69, 9.17) is 32.2 Å². The number of carboxylic acids is 1. The van der Waals surface area contributed by atoms with Gasteiger partial charge in [0.2, 0.25) is 0 Å². The maximum absolute atomic E-state index is 11.6. The zero-order chi connectivity index (χ0) is 26.1. The Morgan fingerprint density at radius 2 is 1.97 bits per heavy atom. The van der Waals surface area contributed by atoms with Gasteiger partial charge in [-0.25, -0.2) is 9.78 Å². The third-order valence-corrected chi connectivity index (χ3v) is 6.32. The summed E-state index contributed by atoms with van der Waals surface area (Å²) in [4.78, 5) is 24.9. The Morgan fingerprint density at radius 1 is 1.28 bits per heavy atom. The number of hydrogen-bond acceptors (Lipinski definition) is 10. The van der Waals surface area contributed by atoms with E-state index in [1.54, 1.807) is 18.4 Å². The SMILES string of the molecule is C/C(=N\OC(COc1ccc2c(c1)CN(C(=N)N(CCCN)CCCN)C2)C(=O)O)c1csc(N)n1. The Kier molecular flexibility index (Phi) is 9.85. The van der Waals surface area contributed by atoms with E-state index in [2.05, 4.69) is 10.1 Å². The number of nitrogens with one attached hydrogen (secondary N) is 1. The van der Waals surface area contributed by atoms with Gasteiger partial charge in [0.25, 0.3) is 6.10 Å². The molecule has 2 aromatic rings. The fourth-order valence-electron chi connectivity index (χ4n) is 3.66. The number of nitrogens with two attached hydrogens (primary N) is 3. The molecule has 2 heterocycles. The molecule has 0 radical (unpaired) electrons. The second-order valence-corrected chi connectivity index (χ2v) is 9.26. The topological polar surface area (TPSA) is 189 Å². The van der Waals surface area contributed by atoms with E-state index in [1.807, 2.05) is 21.9 Å². The van der Waals surface area contributed by atoms with E-state index < -0.39 is 12.1 Å². The van der Waals surface area contributed by atoms with Crippen LogP contribution in [0.5, 0.6) is 5.75 Å². The standard InChI is InChI=1S/C23H34N8O4S/c1-15(19-14-36-22(26)28-19)29-35-20(21(32)33)13-34-18-5-4-16-11-31(12-17(16)10-18)23(27)30(8-2-6-24)9-3-7-25/h4-5,10,14,20,27H,2-3,6-9,11-13,24-25H2,1H3,(H2,26,28)(H,32,33)/b27-23?,29-15+. The number of hydrogen-bond donors (Lipinski definition) is 5. The number of nitrogen functional groups attached to an aromatic ring is 1. The maximum atomic E-state index is 11.6. The highest BCUT2D eigenvalue weighted by atomic mass is 32.1. The van der Waals surface area contributed by atoms with Gasteiger partial charge in [-0.3, -0.25) is 5.41 Å². The maximum Gasteiger partial charge on any atom is 0.351 e. The number of carbonyl (C=O) groups is 1. The first kappa shape index (κ1) is 27.2. The van der Waals surface area contributed by atoms with Gasteiger partial charge in [-0.15, -0.1) is 11.3 Å². The third-order valence-electron chi connectivity index (χ3n) is 5.65. The van der Waals surface area contributed by atoms with Crippen LogP contribution in [0.15, 0.2) is 28.7 Å². The number of thiazole rings is 1. The predicted octanol–water partition coefficient (Wildman–Crippen LogP) is 1.25. The Hall–Kier alpha value is -3.42. The van der Waals surface area contributed by atoms with Gasteiger partial charge >= 0.3 is 5.97 Å². The number of guanidine groups is 1. The van der Waals surface area contributed by atoms with Crippen LogP contribution in [0.3, 0.4) is 0 Å². The van der Waals surface area contributed by atoms with Gasteiger partial charge in [0.05, 0.1) is 0 Å². The molecule has 1 atom stereocenters. The number of rotatable bonds is 13. The van der Waals surface area contributed by atoms with Gasteiger partial charge in [0.1, 0.15) is 23.8 Å². The summed E-state index contributed by atoms with van der Waals surface area (Å²) < 4.78 is 5.73. The minimum atomic E-state index is -1.30. The fourth-order valence-corrected chi connectivity index (χ4v) is 4.27. The highest BCUT2D eigenvalue weighted by Gasteiger charge is 2.26. The van der Waals surface area contributed by atoms with Gasteiger partial charge in [-0.1, -0.05) is 11.2 Å². The lowest BCUT2D eigenvalue weighted by Crippen LogP contribution is -2.43. The van der Waals surface area contributed by atoms with Crippen molar-refractivity contribution in [2.45, 2.75) is 39.0 Å². The van der Waals surface area contributed by atoms with Crippen molar-refractivity contribution >= 4 is 34.1 Å². The van der Waals surface area contributed by atoms with Crippen molar-refractivity contribution in [2.24, 2.45) is 16.6 Å². The Morgan fingerprint density at radius 3 is 2.58 bits per heavy atom. The molecule has 0 fully saturated rings. The largest absolute Gasteiger partial charge is 0.489 e. The molecule has 12 nitrogen and oxygen atoms in total. The van der Waals surface area contributed by atoms with Crippen molar-refractivity contribution in [1.82, 2.24) is 14.8 Å². The number of aromatic nitrogens is 1. The van der Waals surface area contributed by atoms with E-state index in [-0.39, 0.29) is 6.61 Å². The summed E-state index contributed by atoms with van der Waals surface area (Å²) in [5.41, 5.74) is 20.0. The number of ether oxygens (including phenoxy) is 1. The van der Waals surface area contributed by atoms with Gasteiger partial charge < -0.3 is 41.7 Å². The van der Waals surface area contributed by atoms with Crippen molar-refractivity contribution in [3.05, 3.63) is 40.4 Å². The lowest BCUT2D eigenvalue weighted by molar-refractivity contribution is -0.152. The Bertz CT molecular complexity index is 1070. The summed E-state index contributed by atoms with van der Waals surface area (Å²) in [6.07, 6.45) is 0.312. The number of oxime groups is 1. The molecule has 0 saturated heterocycles. The summed E-state index contributed by atoms with van der Waals surface area (Å²) >= 11 is 1.26. The van der Waals surface area contributed by atoms with E-state index in [0.29, 0.717) is 67.5 Å². The molecule has 8 N–H and O–H groups in total. The summed E-state index contributed by atoms with van der Waals surface area (Å²) in [6.45, 7) is 5.17. The molecule has 1 aliphatic rings. The average Bonchev–Trinajstić information content (AvgIpc) is 3.49. The molecule has 1 unspecified atom stereocenters. The molecule has 0 bridgehead atoms. The number of carboxylic acid groups (broad SMARTS) is 1. The monoisotopic (exact) mass is 518 g/mol. The lowest BCUT2D eigenvalue weighted by atomic mass is 10.1. The van der Waals surface area contributed by atoms with Crippen LogP contribution in [0.2, 0.25) is 0 Å². The third kappa shape index (κ3) is 7.29. The molecule has 1 aromatic carbocycles. The number of anilines is 1. The van der Waals surface area contributed by atoms with Crippen LogP contribution in [0.1, 0.15) is 36.6 Å². The molecule has 0 aliphatic carbocycles. The van der Waals surface area contributed by atoms with Crippen molar-refractivity contribution in [1.29, 1.82) is 5.41 Å². The summed E-state index contributed by atoms with van der Waals surface area (Å²) in [7, 11) is 0. The summed E-state index contributed by atoms with van der Waals surface area (Å²) in [5.74, 6) is -0.224. The molecule has 0 saturated carbocycles. The Balaban J connectivity index is 1.59. The van der Waals surface area contributed by atoms with Crippen LogP contribution >= 0.6 is 11.3 Å². The van der Waals surface area contributed by atoms with Crippen LogP contribution in [0.4, 0.5) is 5.13 Å². The fraction of sp³-hybridized carbons (Fsp3) is 0.478. The minimum Gasteiger partial charge on any atom is -0.489 e. The zero-order valence-electron chi connectivity index (χ0n) is 20.4. The van der Waals surface area contributed by atoms with Crippen molar-refractivity contribution < 1.29 is 19.5 Å². The van der Waals surface area contributed by atoms with Gasteiger partial charge in [-0.2, -0.15) is 0 Å². The van der Waals surface area contributed by atoms with E-state index in [9.17, 15) is 9.90 Å². The van der Waals surface area contributed by atoms with Gasteiger partial charge in [0, 0.05) is 31.6 Å². The van der Waals surface area contributed by atoms with Crippen LogP contribution in [-0.4, -0.2) is 76.4 Å². The van der Waals surface area contributed by atoms with E-state index in [0.717, 1.165) is 24.0 Å². The molecule has 196 valence electrons. The smallest absolute Gasteiger partial charge is 0.351 e. The number of nitrogens with zero attached hydrogens (tertiary/aromatic N) is 4. The lowest BCUT2D eigenvalue weighted by Gasteiger charge is -2.30. The normalized spacial score (nSPS) is 13.9. The van der Waals surface area contributed by atoms with Crippen molar-refractivity contribution in [3.63, 3.8) is 0 Å². The second-order valence-electron chi connectivity index (χ2n) is 8.37. The van der Waals surface area contributed by atoms with E-state index in [1.165, 1.54) is 11.3 Å². The highest BCUT2D eigenvalue weighted by molar-refractivity contribution is 7.13. The molecule has 0 spiro atoms. The first-order valence-corrected chi connectivity index (χ1v) is 12.6. The average molecular weight is 519 g/mol. The molecule has 1 aromatic heterocycles. The molecule has 36 heavy (non-hydrogen) atoms. The van der Waals surface area contributed by atoms with Crippen LogP contribution < -0.4 is 21.9 Å². The highest BCUT2D eigenvalue weighted by Crippen LogP contribution is 2.27. The molecule has 13 heteroatoms. The van der Waals surface area contributed by atoms with E-state index >= 15 is 0 Å². The van der Waals surface area contributed by atoms with Gasteiger partial charge in [0.15, 0.2) is 11.1 Å². The Labute approximate surface area is 214 Å². The van der Waals surface area contributed by atoms with Crippen LogP contribution in [-0.2, 0) is 22.7 Å². The summed E-state index contributed by atoms with van der Waals surface area (Å²) in [6, 6.07) is 5.60. The van der Waals surface area contributed by atoms with Crippen molar-refractivity contribution in [3.8, 4) is 5.75 Å². The number of aliphatic carboxylic acids is 1. The molecular formula is C23H34N8O4S. The van der Waals surface area contributed by atoms with Crippen LogP contribution in [0.25, 0.3) is 0 Å².